The van der Waals surface area contributed by atoms with Crippen molar-refractivity contribution in [3.8, 4) is 0 Å². The summed E-state index contributed by atoms with van der Waals surface area (Å²) >= 11 is 0. The Labute approximate surface area is 189 Å². The SMILES string of the molecule is CC(OC(=O)c1cccc(S(=O)(=O)N(C)c2ccccc2)c1)C(=O)Nc1c(F)cccc1F. The zero-order valence-corrected chi connectivity index (χ0v) is 18.5. The van der Waals surface area contributed by atoms with Crippen molar-refractivity contribution < 1.29 is 31.5 Å². The minimum Gasteiger partial charge on any atom is -0.449 e. The van der Waals surface area contributed by atoms with Crippen LogP contribution >= 0.6 is 0 Å². The number of anilines is 2. The summed E-state index contributed by atoms with van der Waals surface area (Å²) in [4.78, 5) is 24.6. The van der Waals surface area contributed by atoms with Gasteiger partial charge in [-0.1, -0.05) is 30.3 Å². The summed E-state index contributed by atoms with van der Waals surface area (Å²) in [5, 5.41) is 2.04. The second-order valence-corrected chi connectivity index (χ2v) is 8.94. The minimum atomic E-state index is -3.98. The van der Waals surface area contributed by atoms with Gasteiger partial charge in [0.05, 0.1) is 16.1 Å². The van der Waals surface area contributed by atoms with E-state index in [1.54, 1.807) is 30.3 Å². The Hall–Kier alpha value is -3.79. The fourth-order valence-electron chi connectivity index (χ4n) is 2.84. The Morgan fingerprint density at radius 2 is 1.55 bits per heavy atom. The highest BCUT2D eigenvalue weighted by Crippen LogP contribution is 2.23. The lowest BCUT2D eigenvalue weighted by Gasteiger charge is -2.20. The first-order valence-corrected chi connectivity index (χ1v) is 11.1. The van der Waals surface area contributed by atoms with Crippen LogP contribution in [0.1, 0.15) is 17.3 Å². The van der Waals surface area contributed by atoms with Crippen molar-refractivity contribution >= 4 is 33.3 Å². The molecular weight excluding hydrogens is 454 g/mol. The molecule has 0 bridgehead atoms. The lowest BCUT2D eigenvalue weighted by Crippen LogP contribution is -2.31. The monoisotopic (exact) mass is 474 g/mol. The average molecular weight is 474 g/mol. The summed E-state index contributed by atoms with van der Waals surface area (Å²) in [5.74, 6) is -3.91. The van der Waals surface area contributed by atoms with Gasteiger partial charge in [0.15, 0.2) is 6.10 Å². The highest BCUT2D eigenvalue weighted by atomic mass is 32.2. The molecule has 10 heteroatoms. The van der Waals surface area contributed by atoms with Gasteiger partial charge in [-0.15, -0.1) is 0 Å². The fourth-order valence-corrected chi connectivity index (χ4v) is 4.08. The molecule has 1 N–H and O–H groups in total. The molecule has 0 aliphatic carbocycles. The molecule has 0 spiro atoms. The Balaban J connectivity index is 1.74. The lowest BCUT2D eigenvalue weighted by molar-refractivity contribution is -0.123. The molecule has 33 heavy (non-hydrogen) atoms. The van der Waals surface area contributed by atoms with Gasteiger partial charge in [-0.05, 0) is 49.4 Å². The summed E-state index contributed by atoms with van der Waals surface area (Å²) in [6, 6.07) is 16.6. The van der Waals surface area contributed by atoms with Crippen molar-refractivity contribution in [2.45, 2.75) is 17.9 Å². The zero-order chi connectivity index (χ0) is 24.2. The van der Waals surface area contributed by atoms with Crippen molar-refractivity contribution in [2.24, 2.45) is 0 Å². The molecule has 0 radical (unpaired) electrons. The van der Waals surface area contributed by atoms with Gasteiger partial charge in [-0.25, -0.2) is 22.0 Å². The molecular formula is C23H20F2N2O5S. The van der Waals surface area contributed by atoms with E-state index >= 15 is 0 Å². The van der Waals surface area contributed by atoms with Crippen LogP contribution in [-0.4, -0.2) is 33.4 Å². The van der Waals surface area contributed by atoms with E-state index in [2.05, 4.69) is 0 Å². The van der Waals surface area contributed by atoms with Crippen LogP contribution in [-0.2, 0) is 19.6 Å². The maximum Gasteiger partial charge on any atom is 0.338 e. The Bertz CT molecular complexity index is 1260. The molecule has 1 unspecified atom stereocenters. The van der Waals surface area contributed by atoms with Crippen molar-refractivity contribution in [1.82, 2.24) is 0 Å². The van der Waals surface area contributed by atoms with E-state index in [4.69, 9.17) is 4.74 Å². The molecule has 3 rings (SSSR count). The van der Waals surface area contributed by atoms with Gasteiger partial charge in [0.1, 0.15) is 17.3 Å². The number of carbonyl (C=O) groups excluding carboxylic acids is 2. The van der Waals surface area contributed by atoms with Crippen LogP contribution < -0.4 is 9.62 Å². The summed E-state index contributed by atoms with van der Waals surface area (Å²) in [5.41, 5.74) is -0.354. The molecule has 172 valence electrons. The number of esters is 1. The molecule has 1 amide bonds. The quantitative estimate of drug-likeness (QED) is 0.523. The van der Waals surface area contributed by atoms with Crippen molar-refractivity contribution in [1.29, 1.82) is 0 Å². The van der Waals surface area contributed by atoms with Crippen LogP contribution in [0.25, 0.3) is 0 Å². The maximum atomic E-state index is 13.7. The number of amides is 1. The maximum absolute atomic E-state index is 13.7. The average Bonchev–Trinajstić information content (AvgIpc) is 2.81. The third-order valence-electron chi connectivity index (χ3n) is 4.71. The normalized spacial score (nSPS) is 12.0. The van der Waals surface area contributed by atoms with Crippen molar-refractivity contribution in [3.63, 3.8) is 0 Å². The molecule has 3 aromatic rings. The number of halogens is 2. The van der Waals surface area contributed by atoms with Crippen LogP contribution in [0.5, 0.6) is 0 Å². The number of hydrogen-bond acceptors (Lipinski definition) is 5. The summed E-state index contributed by atoms with van der Waals surface area (Å²) in [7, 11) is -2.60. The van der Waals surface area contributed by atoms with E-state index in [1.165, 1.54) is 32.2 Å². The summed E-state index contributed by atoms with van der Waals surface area (Å²) in [6.07, 6.45) is -1.41. The predicted octanol–water partition coefficient (Wildman–Crippen LogP) is 3.97. The number of para-hydroxylation sites is 2. The van der Waals surface area contributed by atoms with Gasteiger partial charge in [-0.2, -0.15) is 0 Å². The van der Waals surface area contributed by atoms with E-state index in [0.29, 0.717) is 5.69 Å². The number of nitrogens with zero attached hydrogens (tertiary/aromatic N) is 1. The summed E-state index contributed by atoms with van der Waals surface area (Å²) < 4.78 is 59.5. The Morgan fingerprint density at radius 1 is 0.939 bits per heavy atom. The van der Waals surface area contributed by atoms with Crippen molar-refractivity contribution in [2.75, 3.05) is 16.7 Å². The number of benzene rings is 3. The second-order valence-electron chi connectivity index (χ2n) is 6.97. The van der Waals surface area contributed by atoms with E-state index in [0.717, 1.165) is 28.6 Å². The predicted molar refractivity (Wildman–Crippen MR) is 118 cm³/mol. The molecule has 0 aliphatic rings. The number of carbonyl (C=O) groups is 2. The van der Waals surface area contributed by atoms with Gasteiger partial charge in [0.2, 0.25) is 0 Å². The molecule has 0 saturated heterocycles. The smallest absolute Gasteiger partial charge is 0.338 e. The molecule has 3 aromatic carbocycles. The molecule has 0 saturated carbocycles. The Morgan fingerprint density at radius 3 is 2.18 bits per heavy atom. The standard InChI is InChI=1S/C23H20F2N2O5S/c1-15(22(28)26-21-19(24)12-7-13-20(21)25)32-23(29)16-8-6-11-18(14-16)33(30,31)27(2)17-9-4-3-5-10-17/h3-15H,1-2H3,(H,26,28). The first kappa shape index (κ1) is 23.9. The second kappa shape index (κ2) is 9.78. The number of sulfonamides is 1. The van der Waals surface area contributed by atoms with Crippen LogP contribution in [0.3, 0.4) is 0 Å². The third kappa shape index (κ3) is 5.35. The van der Waals surface area contributed by atoms with Crippen molar-refractivity contribution in [3.05, 3.63) is 90.0 Å². The van der Waals surface area contributed by atoms with Gasteiger partial charge in [0, 0.05) is 7.05 Å². The number of nitrogens with one attached hydrogen (secondary N) is 1. The molecule has 0 aliphatic heterocycles. The van der Waals surface area contributed by atoms with Crippen LogP contribution in [0.15, 0.2) is 77.7 Å². The number of rotatable bonds is 7. The highest BCUT2D eigenvalue weighted by molar-refractivity contribution is 7.92. The topological polar surface area (TPSA) is 92.8 Å². The largest absolute Gasteiger partial charge is 0.449 e. The first-order chi connectivity index (χ1) is 15.6. The summed E-state index contributed by atoms with van der Waals surface area (Å²) in [6.45, 7) is 1.22. The number of ether oxygens (including phenoxy) is 1. The van der Waals surface area contributed by atoms with Gasteiger partial charge < -0.3 is 10.1 Å². The fraction of sp³-hybridized carbons (Fsp3) is 0.130. The third-order valence-corrected chi connectivity index (χ3v) is 6.49. The van der Waals surface area contributed by atoms with Crippen LogP contribution in [0.2, 0.25) is 0 Å². The van der Waals surface area contributed by atoms with E-state index in [9.17, 15) is 26.8 Å². The van der Waals surface area contributed by atoms with Crippen LogP contribution in [0, 0.1) is 11.6 Å². The van der Waals surface area contributed by atoms with E-state index in [-0.39, 0.29) is 10.5 Å². The molecule has 0 aromatic heterocycles. The van der Waals surface area contributed by atoms with E-state index in [1.807, 2.05) is 5.32 Å². The first-order valence-electron chi connectivity index (χ1n) is 9.71. The molecule has 0 heterocycles. The molecule has 0 fully saturated rings. The zero-order valence-electron chi connectivity index (χ0n) is 17.7. The lowest BCUT2D eigenvalue weighted by atomic mass is 10.2. The van der Waals surface area contributed by atoms with E-state index < -0.39 is 45.3 Å². The molecule has 7 nitrogen and oxygen atoms in total. The Kier molecular flexibility index (Phi) is 7.07. The van der Waals surface area contributed by atoms with Crippen LogP contribution in [0.4, 0.5) is 20.2 Å². The number of hydrogen-bond donors (Lipinski definition) is 1. The minimum absolute atomic E-state index is 0.116. The highest BCUT2D eigenvalue weighted by Gasteiger charge is 2.25. The molecule has 1 atom stereocenters. The van der Waals surface area contributed by atoms with Gasteiger partial charge in [0.25, 0.3) is 15.9 Å². The van der Waals surface area contributed by atoms with Gasteiger partial charge in [-0.3, -0.25) is 9.10 Å². The van der Waals surface area contributed by atoms with Gasteiger partial charge >= 0.3 is 5.97 Å².